The maximum absolute atomic E-state index is 13.7. The van der Waals surface area contributed by atoms with E-state index < -0.39 is 46.9 Å². The molecule has 0 spiro atoms. The van der Waals surface area contributed by atoms with Crippen LogP contribution in [0.25, 0.3) is 0 Å². The second-order valence-corrected chi connectivity index (χ2v) is 6.23. The number of aliphatic hydroxyl groups excluding tert-OH is 1. The van der Waals surface area contributed by atoms with Crippen molar-refractivity contribution in [2.24, 2.45) is 0 Å². The zero-order chi connectivity index (χ0) is 22.0. The first-order chi connectivity index (χ1) is 13.3. The Morgan fingerprint density at radius 1 is 0.862 bits per heavy atom. The predicted octanol–water partition coefficient (Wildman–Crippen LogP) is 4.84. The number of anilines is 2. The minimum absolute atomic E-state index is 0.101. The van der Waals surface area contributed by atoms with Crippen molar-refractivity contribution in [3.63, 3.8) is 0 Å². The Morgan fingerprint density at radius 2 is 1.38 bits per heavy atom. The van der Waals surface area contributed by atoms with Gasteiger partial charge in [0.25, 0.3) is 0 Å². The highest BCUT2D eigenvalue weighted by Gasteiger charge is 2.36. The van der Waals surface area contributed by atoms with Gasteiger partial charge in [0.2, 0.25) is 0 Å². The highest BCUT2D eigenvalue weighted by molar-refractivity contribution is 5.52. The summed E-state index contributed by atoms with van der Waals surface area (Å²) in [6.07, 6.45) is -9.54. The molecule has 0 radical (unpaired) electrons. The molecule has 3 N–H and O–H groups in total. The first kappa shape index (κ1) is 22.7. The van der Waals surface area contributed by atoms with Crippen LogP contribution in [0.1, 0.15) is 17.5 Å². The molecular weight excluding hydrogens is 412 g/mol. The molecule has 1 unspecified atom stereocenters. The van der Waals surface area contributed by atoms with Gasteiger partial charge in [0.15, 0.2) is 11.6 Å². The van der Waals surface area contributed by atoms with Crippen LogP contribution in [0.4, 0.5) is 46.5 Å². The second kappa shape index (κ2) is 8.44. The number of nitrogens with two attached hydrogens (primary N) is 1. The van der Waals surface area contributed by atoms with Gasteiger partial charge in [-0.15, -0.1) is 0 Å². The topological polar surface area (TPSA) is 49.5 Å². The predicted molar refractivity (Wildman–Crippen MR) is 90.1 cm³/mol. The van der Waals surface area contributed by atoms with E-state index in [0.717, 1.165) is 12.1 Å². The quantitative estimate of drug-likeness (QED) is 0.505. The number of halogens is 8. The molecule has 0 aliphatic carbocycles. The molecule has 1 aliphatic heterocycles. The molecule has 1 atom stereocenters. The standard InChI is InChI=1S/C11H11F4NO.C7H5F4N/c12-10-8(11(13,14)15)2-1-3-9(10)16-5-4-7(17)6-16;8-6-4(7(9,10)11)2-1-3-5(6)12/h1-3,7,17H,4-6H2;1-3H,12H2. The fourth-order valence-corrected chi connectivity index (χ4v) is 2.71. The molecule has 1 fully saturated rings. The summed E-state index contributed by atoms with van der Waals surface area (Å²) in [6, 6.07) is 5.96. The zero-order valence-corrected chi connectivity index (χ0v) is 14.7. The van der Waals surface area contributed by atoms with Gasteiger partial charge < -0.3 is 15.7 Å². The van der Waals surface area contributed by atoms with Crippen LogP contribution in [-0.4, -0.2) is 24.3 Å². The molecule has 2 aromatic carbocycles. The molecule has 29 heavy (non-hydrogen) atoms. The third kappa shape index (κ3) is 5.49. The Kier molecular flexibility index (Phi) is 6.61. The van der Waals surface area contributed by atoms with Crippen molar-refractivity contribution in [1.29, 1.82) is 0 Å². The lowest BCUT2D eigenvalue weighted by Gasteiger charge is -2.20. The lowest BCUT2D eigenvalue weighted by Crippen LogP contribution is -2.23. The molecule has 3 nitrogen and oxygen atoms in total. The molecule has 3 rings (SSSR count). The summed E-state index contributed by atoms with van der Waals surface area (Å²) in [4.78, 5) is 1.43. The van der Waals surface area contributed by atoms with Gasteiger partial charge in [0.1, 0.15) is 0 Å². The van der Waals surface area contributed by atoms with E-state index in [1.165, 1.54) is 17.0 Å². The van der Waals surface area contributed by atoms with Crippen molar-refractivity contribution >= 4 is 11.4 Å². The average molecular weight is 428 g/mol. The second-order valence-electron chi connectivity index (χ2n) is 6.23. The SMILES string of the molecule is Nc1cccc(C(F)(F)F)c1F.OC1CCN(c2cccc(C(F)(F)F)c2F)C1. The van der Waals surface area contributed by atoms with E-state index in [1.807, 2.05) is 0 Å². The minimum Gasteiger partial charge on any atom is -0.396 e. The first-order valence-electron chi connectivity index (χ1n) is 8.22. The van der Waals surface area contributed by atoms with Gasteiger partial charge >= 0.3 is 12.4 Å². The van der Waals surface area contributed by atoms with Crippen LogP contribution < -0.4 is 10.6 Å². The van der Waals surface area contributed by atoms with Crippen molar-refractivity contribution in [3.8, 4) is 0 Å². The van der Waals surface area contributed by atoms with Crippen molar-refractivity contribution in [2.45, 2.75) is 24.9 Å². The Hall–Kier alpha value is -2.56. The summed E-state index contributed by atoms with van der Waals surface area (Å²) in [5.74, 6) is -2.68. The third-order valence-corrected chi connectivity index (χ3v) is 4.12. The fourth-order valence-electron chi connectivity index (χ4n) is 2.71. The molecule has 0 saturated carbocycles. The van der Waals surface area contributed by atoms with Gasteiger partial charge in [0.05, 0.1) is 28.6 Å². The van der Waals surface area contributed by atoms with Crippen LogP contribution in [0, 0.1) is 11.6 Å². The van der Waals surface area contributed by atoms with Crippen molar-refractivity contribution < 1.29 is 40.2 Å². The molecule has 0 aromatic heterocycles. The van der Waals surface area contributed by atoms with Crippen LogP contribution in [0.2, 0.25) is 0 Å². The summed E-state index contributed by atoms with van der Waals surface area (Å²) in [5.41, 5.74) is 1.75. The molecule has 0 amide bonds. The normalized spacial score (nSPS) is 17.1. The maximum Gasteiger partial charge on any atom is 0.419 e. The van der Waals surface area contributed by atoms with E-state index in [4.69, 9.17) is 5.73 Å². The lowest BCUT2D eigenvalue weighted by atomic mass is 10.1. The minimum atomic E-state index is -4.70. The Labute approximate surface area is 160 Å². The smallest absolute Gasteiger partial charge is 0.396 e. The van der Waals surface area contributed by atoms with Crippen LogP contribution in [0.5, 0.6) is 0 Å². The summed E-state index contributed by atoms with van der Waals surface area (Å²) < 4.78 is 99.6. The molecule has 160 valence electrons. The van der Waals surface area contributed by atoms with Crippen LogP contribution >= 0.6 is 0 Å². The van der Waals surface area contributed by atoms with Crippen LogP contribution in [-0.2, 0) is 12.4 Å². The van der Waals surface area contributed by atoms with E-state index in [1.54, 1.807) is 0 Å². The van der Waals surface area contributed by atoms with Gasteiger partial charge in [-0.1, -0.05) is 12.1 Å². The monoisotopic (exact) mass is 428 g/mol. The van der Waals surface area contributed by atoms with Crippen molar-refractivity contribution in [3.05, 3.63) is 59.2 Å². The summed E-state index contributed by atoms with van der Waals surface area (Å²) in [5, 5.41) is 9.29. The van der Waals surface area contributed by atoms with E-state index >= 15 is 0 Å². The largest absolute Gasteiger partial charge is 0.419 e. The summed E-state index contributed by atoms with van der Waals surface area (Å²) >= 11 is 0. The van der Waals surface area contributed by atoms with Crippen LogP contribution in [0.15, 0.2) is 36.4 Å². The third-order valence-electron chi connectivity index (χ3n) is 4.12. The Morgan fingerprint density at radius 3 is 1.83 bits per heavy atom. The number of nitrogens with zero attached hydrogens (tertiary/aromatic N) is 1. The highest BCUT2D eigenvalue weighted by atomic mass is 19.4. The zero-order valence-electron chi connectivity index (χ0n) is 14.7. The van der Waals surface area contributed by atoms with E-state index in [9.17, 15) is 40.2 Å². The number of β-amino-alcohol motifs (C(OH)–C–C–N with tert-alkyl or cyclic N) is 1. The number of rotatable bonds is 1. The van der Waals surface area contributed by atoms with E-state index in [-0.39, 0.29) is 12.2 Å². The summed E-state index contributed by atoms with van der Waals surface area (Å²) in [6.45, 7) is 0.525. The first-order valence-corrected chi connectivity index (χ1v) is 8.22. The summed E-state index contributed by atoms with van der Waals surface area (Å²) in [7, 11) is 0. The molecule has 11 heteroatoms. The maximum atomic E-state index is 13.7. The molecule has 1 saturated heterocycles. The van der Waals surface area contributed by atoms with E-state index in [2.05, 4.69) is 0 Å². The number of hydrogen-bond acceptors (Lipinski definition) is 3. The Bertz CT molecular complexity index is 851. The highest BCUT2D eigenvalue weighted by Crippen LogP contribution is 2.36. The molecule has 1 heterocycles. The van der Waals surface area contributed by atoms with Gasteiger partial charge in [-0.25, -0.2) is 8.78 Å². The average Bonchev–Trinajstić information content (AvgIpc) is 3.02. The number of benzene rings is 2. The van der Waals surface area contributed by atoms with Gasteiger partial charge in [-0.05, 0) is 30.7 Å². The lowest BCUT2D eigenvalue weighted by molar-refractivity contribution is -0.140. The van der Waals surface area contributed by atoms with Crippen molar-refractivity contribution in [2.75, 3.05) is 23.7 Å². The van der Waals surface area contributed by atoms with Crippen molar-refractivity contribution in [1.82, 2.24) is 0 Å². The molecular formula is C18H16F8N2O. The molecule has 2 aromatic rings. The van der Waals surface area contributed by atoms with Gasteiger partial charge in [-0.2, -0.15) is 26.3 Å². The number of nitrogen functional groups attached to an aromatic ring is 1. The number of aliphatic hydroxyl groups is 1. The number of hydrogen-bond donors (Lipinski definition) is 2. The fraction of sp³-hybridized carbons (Fsp3) is 0.333. The van der Waals surface area contributed by atoms with Gasteiger partial charge in [-0.3, -0.25) is 0 Å². The van der Waals surface area contributed by atoms with Gasteiger partial charge in [0, 0.05) is 13.1 Å². The van der Waals surface area contributed by atoms with E-state index in [0.29, 0.717) is 25.1 Å². The Balaban J connectivity index is 0.000000221. The molecule has 0 bridgehead atoms. The molecule has 1 aliphatic rings. The number of alkyl halides is 6. The van der Waals surface area contributed by atoms with Crippen LogP contribution in [0.3, 0.4) is 0 Å².